The van der Waals surface area contributed by atoms with Crippen LogP contribution in [0, 0.1) is 0 Å². The second-order valence-electron chi connectivity index (χ2n) is 5.52. The second kappa shape index (κ2) is 6.15. The van der Waals surface area contributed by atoms with Crippen LogP contribution in [-0.2, 0) is 11.0 Å². The highest BCUT2D eigenvalue weighted by molar-refractivity contribution is 6.05. The standard InChI is InChI=1S/C16H13F3N4O2/c1-9(12-8-20-6-7-21-12)23-14(24)13(22-15(23)25)10-2-4-11(5-3-10)16(17,18)19/h2-9,13H,1H3,(H,22,25)/t9-,13?/m1/s1. The number of rotatable bonds is 3. The van der Waals surface area contributed by atoms with E-state index in [0.717, 1.165) is 17.0 Å². The van der Waals surface area contributed by atoms with Crippen LogP contribution < -0.4 is 5.32 Å². The Morgan fingerprint density at radius 3 is 2.40 bits per heavy atom. The van der Waals surface area contributed by atoms with Crippen LogP contribution in [0.1, 0.15) is 35.8 Å². The first-order chi connectivity index (χ1) is 11.8. The van der Waals surface area contributed by atoms with E-state index in [2.05, 4.69) is 15.3 Å². The minimum absolute atomic E-state index is 0.278. The number of urea groups is 1. The second-order valence-corrected chi connectivity index (χ2v) is 5.52. The molecular formula is C16H13F3N4O2. The third-order valence-electron chi connectivity index (χ3n) is 3.94. The van der Waals surface area contributed by atoms with Gasteiger partial charge in [0.15, 0.2) is 0 Å². The molecule has 3 amide bonds. The highest BCUT2D eigenvalue weighted by Gasteiger charge is 2.42. The Kier molecular flexibility index (Phi) is 4.15. The lowest BCUT2D eigenvalue weighted by molar-refractivity contribution is -0.137. The van der Waals surface area contributed by atoms with Crippen molar-refractivity contribution < 1.29 is 22.8 Å². The molecular weight excluding hydrogens is 337 g/mol. The number of benzene rings is 1. The van der Waals surface area contributed by atoms with Gasteiger partial charge in [0.05, 0.1) is 23.5 Å². The smallest absolute Gasteiger partial charge is 0.322 e. The summed E-state index contributed by atoms with van der Waals surface area (Å²) in [5.41, 5.74) is -0.114. The number of aromatic nitrogens is 2. The van der Waals surface area contributed by atoms with Crippen molar-refractivity contribution in [3.05, 3.63) is 59.7 Å². The van der Waals surface area contributed by atoms with Crippen LogP contribution in [0.3, 0.4) is 0 Å². The number of nitrogens with one attached hydrogen (secondary N) is 1. The lowest BCUT2D eigenvalue weighted by Crippen LogP contribution is -2.34. The molecule has 9 heteroatoms. The van der Waals surface area contributed by atoms with Gasteiger partial charge in [0, 0.05) is 12.4 Å². The Balaban J connectivity index is 1.84. The topological polar surface area (TPSA) is 75.2 Å². The first kappa shape index (κ1) is 16.9. The minimum Gasteiger partial charge on any atom is -0.322 e. The van der Waals surface area contributed by atoms with Crippen LogP contribution in [0.25, 0.3) is 0 Å². The molecule has 1 fully saturated rings. The maximum Gasteiger partial charge on any atom is 0.416 e. The lowest BCUT2D eigenvalue weighted by Gasteiger charge is -2.20. The molecule has 2 aromatic rings. The SMILES string of the molecule is C[C@H](c1cnccn1)N1C(=O)NC(c2ccc(C(F)(F)F)cc2)C1=O. The summed E-state index contributed by atoms with van der Waals surface area (Å²) in [6, 6.07) is 1.81. The number of halogens is 3. The largest absolute Gasteiger partial charge is 0.416 e. The summed E-state index contributed by atoms with van der Waals surface area (Å²) >= 11 is 0. The molecule has 1 aromatic heterocycles. The zero-order valence-electron chi connectivity index (χ0n) is 13.0. The summed E-state index contributed by atoms with van der Waals surface area (Å²) in [5.74, 6) is -0.553. The number of carbonyl (C=O) groups excluding carboxylic acids is 2. The van der Waals surface area contributed by atoms with Crippen molar-refractivity contribution in [2.45, 2.75) is 25.2 Å². The van der Waals surface area contributed by atoms with Gasteiger partial charge >= 0.3 is 12.2 Å². The molecule has 2 atom stereocenters. The van der Waals surface area contributed by atoms with Crippen molar-refractivity contribution in [2.24, 2.45) is 0 Å². The molecule has 3 rings (SSSR count). The zero-order chi connectivity index (χ0) is 18.2. The van der Waals surface area contributed by atoms with E-state index >= 15 is 0 Å². The highest BCUT2D eigenvalue weighted by Crippen LogP contribution is 2.32. The van der Waals surface area contributed by atoms with E-state index < -0.39 is 35.8 Å². The van der Waals surface area contributed by atoms with Gasteiger partial charge in [-0.1, -0.05) is 12.1 Å². The third kappa shape index (κ3) is 3.17. The van der Waals surface area contributed by atoms with E-state index in [1.54, 1.807) is 6.92 Å². The fraction of sp³-hybridized carbons (Fsp3) is 0.250. The first-order valence-corrected chi connectivity index (χ1v) is 7.35. The van der Waals surface area contributed by atoms with Gasteiger partial charge in [0.25, 0.3) is 5.91 Å². The Hall–Kier alpha value is -2.97. The number of hydrogen-bond donors (Lipinski definition) is 1. The van der Waals surface area contributed by atoms with Crippen molar-refractivity contribution in [2.75, 3.05) is 0 Å². The molecule has 0 bridgehead atoms. The fourth-order valence-corrected chi connectivity index (χ4v) is 2.61. The molecule has 25 heavy (non-hydrogen) atoms. The van der Waals surface area contributed by atoms with E-state index in [-0.39, 0.29) is 5.56 Å². The maximum absolute atomic E-state index is 12.6. The van der Waals surface area contributed by atoms with Crippen molar-refractivity contribution in [1.29, 1.82) is 0 Å². The maximum atomic E-state index is 12.6. The van der Waals surface area contributed by atoms with Crippen LogP contribution in [0.2, 0.25) is 0 Å². The van der Waals surface area contributed by atoms with Gasteiger partial charge < -0.3 is 5.32 Å². The summed E-state index contributed by atoms with van der Waals surface area (Å²) in [4.78, 5) is 33.7. The molecule has 0 radical (unpaired) electrons. The van der Waals surface area contributed by atoms with Crippen LogP contribution in [-0.4, -0.2) is 26.8 Å². The van der Waals surface area contributed by atoms with Gasteiger partial charge in [0.1, 0.15) is 6.04 Å². The predicted molar refractivity (Wildman–Crippen MR) is 80.0 cm³/mol. The summed E-state index contributed by atoms with van der Waals surface area (Å²) in [6.07, 6.45) is -0.116. The van der Waals surface area contributed by atoms with E-state index in [9.17, 15) is 22.8 Å². The molecule has 1 aliphatic heterocycles. The summed E-state index contributed by atoms with van der Waals surface area (Å²) in [5, 5.41) is 2.49. The normalized spacial score (nSPS) is 19.0. The average molecular weight is 350 g/mol. The van der Waals surface area contributed by atoms with Gasteiger partial charge in [-0.15, -0.1) is 0 Å². The van der Waals surface area contributed by atoms with E-state index in [0.29, 0.717) is 5.69 Å². The molecule has 0 spiro atoms. The number of alkyl halides is 3. The molecule has 1 aliphatic rings. The molecule has 1 saturated heterocycles. The predicted octanol–water partition coefficient (Wildman–Crippen LogP) is 2.85. The average Bonchev–Trinajstić information content (AvgIpc) is 2.89. The third-order valence-corrected chi connectivity index (χ3v) is 3.94. The first-order valence-electron chi connectivity index (χ1n) is 7.35. The molecule has 0 aliphatic carbocycles. The zero-order valence-corrected chi connectivity index (χ0v) is 13.0. The van der Waals surface area contributed by atoms with Gasteiger partial charge in [0.2, 0.25) is 0 Å². The summed E-state index contributed by atoms with van der Waals surface area (Å²) < 4.78 is 37.9. The monoisotopic (exact) mass is 350 g/mol. The van der Waals surface area contributed by atoms with Crippen LogP contribution in [0.15, 0.2) is 42.9 Å². The Labute approximate surface area is 140 Å². The van der Waals surface area contributed by atoms with Crippen molar-refractivity contribution in [3.63, 3.8) is 0 Å². The number of amides is 3. The number of hydrogen-bond acceptors (Lipinski definition) is 4. The van der Waals surface area contributed by atoms with Crippen LogP contribution in [0.4, 0.5) is 18.0 Å². The Morgan fingerprint density at radius 2 is 1.84 bits per heavy atom. The van der Waals surface area contributed by atoms with E-state index in [1.807, 2.05) is 0 Å². The van der Waals surface area contributed by atoms with Crippen molar-refractivity contribution in [3.8, 4) is 0 Å². The molecule has 1 N–H and O–H groups in total. The van der Waals surface area contributed by atoms with Gasteiger partial charge in [-0.2, -0.15) is 13.2 Å². The molecule has 2 heterocycles. The molecule has 0 saturated carbocycles. The quantitative estimate of drug-likeness (QED) is 0.864. The summed E-state index contributed by atoms with van der Waals surface area (Å²) in [7, 11) is 0. The number of nitrogens with zero attached hydrogens (tertiary/aromatic N) is 3. The van der Waals surface area contributed by atoms with Gasteiger partial charge in [-0.05, 0) is 24.6 Å². The fourth-order valence-electron chi connectivity index (χ4n) is 2.61. The van der Waals surface area contributed by atoms with Crippen molar-refractivity contribution >= 4 is 11.9 Å². The van der Waals surface area contributed by atoms with E-state index in [4.69, 9.17) is 0 Å². The van der Waals surface area contributed by atoms with Crippen molar-refractivity contribution in [1.82, 2.24) is 20.2 Å². The molecule has 1 aromatic carbocycles. The van der Waals surface area contributed by atoms with E-state index in [1.165, 1.54) is 30.7 Å². The highest BCUT2D eigenvalue weighted by atomic mass is 19.4. The minimum atomic E-state index is -4.46. The molecule has 130 valence electrons. The lowest BCUT2D eigenvalue weighted by atomic mass is 10.0. The number of carbonyl (C=O) groups is 2. The van der Waals surface area contributed by atoms with Gasteiger partial charge in [-0.3, -0.25) is 19.7 Å². The molecule has 6 nitrogen and oxygen atoms in total. The Bertz CT molecular complexity index is 793. The number of imide groups is 1. The Morgan fingerprint density at radius 1 is 1.16 bits per heavy atom. The molecule has 1 unspecified atom stereocenters. The van der Waals surface area contributed by atoms with Crippen LogP contribution >= 0.6 is 0 Å². The summed E-state index contributed by atoms with van der Waals surface area (Å²) in [6.45, 7) is 1.62. The van der Waals surface area contributed by atoms with Gasteiger partial charge in [-0.25, -0.2) is 4.79 Å². The van der Waals surface area contributed by atoms with Crippen LogP contribution in [0.5, 0.6) is 0 Å².